The summed E-state index contributed by atoms with van der Waals surface area (Å²) in [5.41, 5.74) is 4.53. The van der Waals surface area contributed by atoms with Gasteiger partial charge in [-0.25, -0.2) is 0 Å². The van der Waals surface area contributed by atoms with E-state index in [9.17, 15) is 5.11 Å². The molecule has 0 bridgehead atoms. The average Bonchev–Trinajstić information content (AvgIpc) is 2.26. The summed E-state index contributed by atoms with van der Waals surface area (Å²) >= 11 is 0. The van der Waals surface area contributed by atoms with Gasteiger partial charge in [0.25, 0.3) is 0 Å². The van der Waals surface area contributed by atoms with Gasteiger partial charge >= 0.3 is 0 Å². The minimum atomic E-state index is -1.53. The van der Waals surface area contributed by atoms with Gasteiger partial charge in [0, 0.05) is 5.54 Å². The molecule has 0 aliphatic rings. The van der Waals surface area contributed by atoms with E-state index in [2.05, 4.69) is 50.7 Å². The van der Waals surface area contributed by atoms with Crippen LogP contribution < -0.4 is 0 Å². The predicted octanol–water partition coefficient (Wildman–Crippen LogP) is 4.31. The number of aliphatic hydroxyl groups is 1. The number of hydrogen-bond acceptors (Lipinski definition) is 1. The van der Waals surface area contributed by atoms with Crippen LogP contribution in [0.15, 0.2) is 30.3 Å². The van der Waals surface area contributed by atoms with Crippen LogP contribution in [0.4, 0.5) is 0 Å². The molecule has 0 fully saturated rings. The van der Waals surface area contributed by atoms with Crippen LogP contribution in [0.3, 0.4) is 0 Å². The van der Waals surface area contributed by atoms with Crippen molar-refractivity contribution in [3.8, 4) is 11.5 Å². The first kappa shape index (κ1) is 16.2. The van der Waals surface area contributed by atoms with Crippen molar-refractivity contribution in [1.29, 1.82) is 0 Å². The molecular formula is C16H26OSi2. The zero-order valence-corrected chi connectivity index (χ0v) is 15.0. The molecule has 19 heavy (non-hydrogen) atoms. The Morgan fingerprint density at radius 1 is 0.947 bits per heavy atom. The van der Waals surface area contributed by atoms with Crippen molar-refractivity contribution in [2.45, 2.75) is 50.9 Å². The zero-order chi connectivity index (χ0) is 14.7. The first-order chi connectivity index (χ1) is 8.61. The van der Waals surface area contributed by atoms with Gasteiger partial charge in [-0.2, -0.15) is 0 Å². The quantitative estimate of drug-likeness (QED) is 0.649. The second-order valence-electron chi connectivity index (χ2n) is 7.22. The maximum atomic E-state index is 10.7. The van der Waals surface area contributed by atoms with Crippen molar-refractivity contribution in [2.24, 2.45) is 0 Å². The maximum absolute atomic E-state index is 10.7. The Kier molecular flexibility index (Phi) is 5.20. The molecule has 0 radical (unpaired) electrons. The van der Waals surface area contributed by atoms with Crippen LogP contribution in [0.25, 0.3) is 0 Å². The first-order valence-corrected chi connectivity index (χ1v) is 13.9. The van der Waals surface area contributed by atoms with E-state index in [1.807, 2.05) is 30.3 Å². The maximum Gasteiger partial charge on any atom is 0.129 e. The standard InChI is InChI=1S/C16H26OSi2/c1-18(2,3)13-12-15(19(4,5)6)16(17)14-10-8-7-9-11-14/h7-11,15-17H,1-6H3. The molecule has 1 nitrogen and oxygen atoms in total. The molecule has 0 saturated carbocycles. The summed E-state index contributed by atoms with van der Waals surface area (Å²) in [7, 11) is -2.93. The molecule has 0 aromatic heterocycles. The average molecular weight is 291 g/mol. The fourth-order valence-corrected chi connectivity index (χ4v) is 4.28. The van der Waals surface area contributed by atoms with Gasteiger partial charge in [-0.1, -0.05) is 69.6 Å². The van der Waals surface area contributed by atoms with Crippen molar-refractivity contribution in [3.05, 3.63) is 35.9 Å². The van der Waals surface area contributed by atoms with Crippen molar-refractivity contribution in [2.75, 3.05) is 0 Å². The highest BCUT2D eigenvalue weighted by atomic mass is 28.3. The van der Waals surface area contributed by atoms with E-state index in [0.717, 1.165) is 5.56 Å². The zero-order valence-electron chi connectivity index (χ0n) is 13.0. The topological polar surface area (TPSA) is 20.2 Å². The number of hydrogen-bond donors (Lipinski definition) is 1. The summed E-state index contributed by atoms with van der Waals surface area (Å²) in [6.45, 7) is 13.6. The van der Waals surface area contributed by atoms with Crippen molar-refractivity contribution in [1.82, 2.24) is 0 Å². The molecule has 1 N–H and O–H groups in total. The highest BCUT2D eigenvalue weighted by Crippen LogP contribution is 2.34. The van der Waals surface area contributed by atoms with Gasteiger partial charge in [0.15, 0.2) is 0 Å². The molecule has 1 rings (SSSR count). The molecule has 2 atom stereocenters. The Balaban J connectivity index is 3.08. The lowest BCUT2D eigenvalue weighted by atomic mass is 10.1. The third kappa shape index (κ3) is 5.35. The van der Waals surface area contributed by atoms with E-state index in [0.29, 0.717) is 0 Å². The summed E-state index contributed by atoms with van der Waals surface area (Å²) in [6.07, 6.45) is -0.461. The highest BCUT2D eigenvalue weighted by Gasteiger charge is 2.32. The smallest absolute Gasteiger partial charge is 0.129 e. The minimum absolute atomic E-state index is 0.0987. The third-order valence-electron chi connectivity index (χ3n) is 2.99. The number of aliphatic hydroxyl groups excluding tert-OH is 1. The lowest BCUT2D eigenvalue weighted by Gasteiger charge is -2.29. The fourth-order valence-electron chi connectivity index (χ4n) is 1.91. The Hall–Kier alpha value is -0.826. The van der Waals surface area contributed by atoms with E-state index >= 15 is 0 Å². The van der Waals surface area contributed by atoms with E-state index in [4.69, 9.17) is 0 Å². The molecule has 1 aromatic rings. The number of benzene rings is 1. The molecule has 0 amide bonds. The van der Waals surface area contributed by atoms with Gasteiger partial charge in [0.1, 0.15) is 8.07 Å². The summed E-state index contributed by atoms with van der Waals surface area (Å²) in [6, 6.07) is 9.92. The highest BCUT2D eigenvalue weighted by molar-refractivity contribution is 6.84. The fraction of sp³-hybridized carbons (Fsp3) is 0.500. The molecule has 104 valence electrons. The Bertz CT molecular complexity index is 457. The van der Waals surface area contributed by atoms with Crippen LogP contribution in [-0.2, 0) is 0 Å². The summed E-state index contributed by atoms with van der Waals surface area (Å²) < 4.78 is 0. The van der Waals surface area contributed by atoms with E-state index in [1.165, 1.54) is 0 Å². The Labute approximate surface area is 120 Å². The molecule has 2 unspecified atom stereocenters. The van der Waals surface area contributed by atoms with Crippen molar-refractivity contribution >= 4 is 16.1 Å². The SMILES string of the molecule is C[Si](C)(C)C#CC(C(O)c1ccccc1)[Si](C)(C)C. The van der Waals surface area contributed by atoms with Crippen LogP contribution in [0.5, 0.6) is 0 Å². The lowest BCUT2D eigenvalue weighted by Crippen LogP contribution is -2.32. The molecule has 0 aliphatic carbocycles. The molecule has 1 aromatic carbocycles. The first-order valence-electron chi connectivity index (χ1n) is 6.87. The van der Waals surface area contributed by atoms with Crippen LogP contribution in [0, 0.1) is 11.5 Å². The number of rotatable bonds is 3. The van der Waals surface area contributed by atoms with Gasteiger partial charge in [-0.05, 0) is 5.56 Å². The lowest BCUT2D eigenvalue weighted by molar-refractivity contribution is 0.181. The second kappa shape index (κ2) is 6.08. The van der Waals surface area contributed by atoms with Gasteiger partial charge in [-0.15, -0.1) is 11.5 Å². The Morgan fingerprint density at radius 2 is 1.47 bits per heavy atom. The monoisotopic (exact) mass is 290 g/mol. The van der Waals surface area contributed by atoms with Gasteiger partial charge in [0.05, 0.1) is 14.2 Å². The van der Waals surface area contributed by atoms with E-state index in [-0.39, 0.29) is 5.54 Å². The second-order valence-corrected chi connectivity index (χ2v) is 17.3. The van der Waals surface area contributed by atoms with Crippen LogP contribution >= 0.6 is 0 Å². The van der Waals surface area contributed by atoms with Crippen LogP contribution in [-0.4, -0.2) is 21.3 Å². The molecule has 0 heterocycles. The largest absolute Gasteiger partial charge is 0.387 e. The van der Waals surface area contributed by atoms with Crippen LogP contribution in [0.2, 0.25) is 44.8 Å². The van der Waals surface area contributed by atoms with Crippen LogP contribution in [0.1, 0.15) is 11.7 Å². The summed E-state index contributed by atoms with van der Waals surface area (Å²) in [4.78, 5) is 0. The van der Waals surface area contributed by atoms with Crippen molar-refractivity contribution < 1.29 is 5.11 Å². The molecular weight excluding hydrogens is 264 g/mol. The minimum Gasteiger partial charge on any atom is -0.387 e. The van der Waals surface area contributed by atoms with Gasteiger partial charge in [-0.3, -0.25) is 0 Å². The van der Waals surface area contributed by atoms with Gasteiger partial charge < -0.3 is 5.11 Å². The van der Waals surface area contributed by atoms with Crippen molar-refractivity contribution in [3.63, 3.8) is 0 Å². The predicted molar refractivity (Wildman–Crippen MR) is 89.6 cm³/mol. The summed E-state index contributed by atoms with van der Waals surface area (Å²) in [5.74, 6) is 3.42. The van der Waals surface area contributed by atoms with E-state index < -0.39 is 22.3 Å². The third-order valence-corrected chi connectivity index (χ3v) is 6.21. The van der Waals surface area contributed by atoms with E-state index in [1.54, 1.807) is 0 Å². The summed E-state index contributed by atoms with van der Waals surface area (Å²) in [5, 5.41) is 10.7. The molecule has 0 aliphatic heterocycles. The Morgan fingerprint density at radius 3 is 1.89 bits per heavy atom. The molecule has 0 saturated heterocycles. The van der Waals surface area contributed by atoms with Gasteiger partial charge in [0.2, 0.25) is 0 Å². The molecule has 0 spiro atoms. The normalized spacial score (nSPS) is 15.3. The molecule has 3 heteroatoms.